The van der Waals surface area contributed by atoms with Crippen molar-refractivity contribution in [1.82, 2.24) is 4.90 Å². The largest absolute Gasteiger partial charge is 0.490 e. The number of ketones is 2. The zero-order chi connectivity index (χ0) is 31.3. The van der Waals surface area contributed by atoms with Crippen LogP contribution in [0.5, 0.6) is 11.5 Å². The minimum Gasteiger partial charge on any atom is -0.490 e. The molecule has 0 unspecified atom stereocenters. The van der Waals surface area contributed by atoms with E-state index in [0.717, 1.165) is 29.8 Å². The van der Waals surface area contributed by atoms with E-state index in [1.165, 1.54) is 0 Å². The molecule has 1 N–H and O–H groups in total. The number of rotatable bonds is 7. The summed E-state index contributed by atoms with van der Waals surface area (Å²) in [7, 11) is 1.99. The number of nitrogens with zero attached hydrogens (tertiary/aromatic N) is 1. The number of hydrogen-bond donors (Lipinski definition) is 1. The maximum atomic E-state index is 13.8. The van der Waals surface area contributed by atoms with E-state index < -0.39 is 5.92 Å². The Morgan fingerprint density at radius 2 is 1.49 bits per heavy atom. The van der Waals surface area contributed by atoms with Gasteiger partial charge in [-0.15, -0.1) is 0 Å². The highest BCUT2D eigenvalue weighted by Crippen LogP contribution is 2.55. The van der Waals surface area contributed by atoms with Gasteiger partial charge >= 0.3 is 0 Å². The maximum Gasteiger partial charge on any atom is 0.262 e. The van der Waals surface area contributed by atoms with Crippen molar-refractivity contribution in [1.29, 1.82) is 0 Å². The molecule has 1 amide bonds. The molecule has 0 radical (unpaired) electrons. The van der Waals surface area contributed by atoms with Crippen LogP contribution in [0.25, 0.3) is 0 Å². The number of nitrogens with one attached hydrogen (secondary N) is 1. The summed E-state index contributed by atoms with van der Waals surface area (Å²) in [4.78, 5) is 42.5. The van der Waals surface area contributed by atoms with E-state index in [0.29, 0.717) is 47.6 Å². The van der Waals surface area contributed by atoms with E-state index in [-0.39, 0.29) is 45.7 Å². The van der Waals surface area contributed by atoms with Crippen molar-refractivity contribution in [2.75, 3.05) is 25.6 Å². The molecule has 1 aliphatic heterocycles. The van der Waals surface area contributed by atoms with Gasteiger partial charge in [0.1, 0.15) is 0 Å². The Hall–Kier alpha value is -3.58. The Morgan fingerprint density at radius 3 is 2.02 bits per heavy atom. The molecule has 0 fully saturated rings. The summed E-state index contributed by atoms with van der Waals surface area (Å²) in [6, 6.07) is 11.1. The van der Waals surface area contributed by atoms with Crippen LogP contribution < -0.4 is 14.8 Å². The third kappa shape index (κ3) is 6.23. The van der Waals surface area contributed by atoms with Crippen molar-refractivity contribution < 1.29 is 23.9 Å². The molecule has 43 heavy (non-hydrogen) atoms. The predicted molar refractivity (Wildman–Crippen MR) is 169 cm³/mol. The molecule has 5 rings (SSSR count). The summed E-state index contributed by atoms with van der Waals surface area (Å²) in [6.07, 6.45) is 2.27. The first kappa shape index (κ1) is 30.9. The molecule has 7 nitrogen and oxygen atoms in total. The van der Waals surface area contributed by atoms with Gasteiger partial charge in [-0.1, -0.05) is 57.0 Å². The quantitative estimate of drug-likeness (QED) is 0.355. The van der Waals surface area contributed by atoms with E-state index in [1.807, 2.05) is 51.2 Å². The van der Waals surface area contributed by atoms with E-state index >= 15 is 0 Å². The third-order valence-electron chi connectivity index (χ3n) is 8.53. The molecule has 2 aromatic carbocycles. The number of Topliss-reactive ketones (excluding diaryl/α,β-unsaturated/α-hetero) is 2. The van der Waals surface area contributed by atoms with Gasteiger partial charge in [0.05, 0.1) is 11.6 Å². The fourth-order valence-electron chi connectivity index (χ4n) is 6.63. The Bertz CT molecular complexity index is 1500. The first-order valence-corrected chi connectivity index (χ1v) is 15.3. The Kier molecular flexibility index (Phi) is 8.25. The number of halogens is 1. The molecule has 0 spiro atoms. The lowest BCUT2D eigenvalue weighted by Crippen LogP contribution is -2.43. The number of aryl methyl sites for hydroxylation is 1. The highest BCUT2D eigenvalue weighted by atomic mass is 35.5. The minimum atomic E-state index is -0.552. The fourth-order valence-corrected chi connectivity index (χ4v) is 6.90. The molecule has 1 heterocycles. The average molecular weight is 605 g/mol. The molecule has 0 aromatic heterocycles. The van der Waals surface area contributed by atoms with Gasteiger partial charge in [0.25, 0.3) is 5.91 Å². The van der Waals surface area contributed by atoms with Crippen LogP contribution in [-0.2, 0) is 14.4 Å². The SMILES string of the molecule is CCOc1cc(C2C3=C(CC(C)(C)CC3=O)N(C)C3=C2C(=O)CC(C)(C)C3)cc(Cl)c1OCC(=O)Nc1ccc(C)cc1. The molecule has 0 saturated heterocycles. The Labute approximate surface area is 259 Å². The summed E-state index contributed by atoms with van der Waals surface area (Å²) >= 11 is 6.84. The first-order chi connectivity index (χ1) is 20.2. The van der Waals surface area contributed by atoms with E-state index in [2.05, 4.69) is 37.9 Å². The highest BCUT2D eigenvalue weighted by molar-refractivity contribution is 6.32. The molecular formula is C35H41ClN2O5. The molecule has 8 heteroatoms. The van der Waals surface area contributed by atoms with Crippen LogP contribution in [0.3, 0.4) is 0 Å². The first-order valence-electron chi connectivity index (χ1n) is 14.9. The van der Waals surface area contributed by atoms with E-state index in [4.69, 9.17) is 21.1 Å². The molecule has 0 atom stereocenters. The summed E-state index contributed by atoms with van der Waals surface area (Å²) in [5.41, 5.74) is 5.36. The van der Waals surface area contributed by atoms with Crippen LogP contribution in [0.1, 0.15) is 77.3 Å². The van der Waals surface area contributed by atoms with Crippen molar-refractivity contribution in [3.8, 4) is 11.5 Å². The lowest BCUT2D eigenvalue weighted by atomic mass is 9.63. The molecule has 0 saturated carbocycles. The number of hydrogen-bond acceptors (Lipinski definition) is 6. The average Bonchev–Trinajstić information content (AvgIpc) is 2.89. The summed E-state index contributed by atoms with van der Waals surface area (Å²) in [5.74, 6) is -0.177. The standard InChI is InChI=1S/C35H41ClN2O5/c1-8-42-28-14-21(13-23(36)33(28)43-19-29(41)37-22-11-9-20(2)10-12-22)30-31-24(15-34(3,4)17-26(31)39)38(7)25-16-35(5,6)18-27(40)32(25)30/h9-14,30H,8,15-19H2,1-7H3,(H,37,41). The predicted octanol–water partition coefficient (Wildman–Crippen LogP) is 7.38. The van der Waals surface area contributed by atoms with Crippen LogP contribution in [-0.4, -0.2) is 42.6 Å². The number of carbonyl (C=O) groups excluding carboxylic acids is 3. The normalized spacial score (nSPS) is 19.7. The monoisotopic (exact) mass is 604 g/mol. The van der Waals surface area contributed by atoms with Gasteiger partial charge in [0.2, 0.25) is 0 Å². The highest BCUT2D eigenvalue weighted by Gasteiger charge is 2.48. The zero-order valence-corrected chi connectivity index (χ0v) is 26.9. The second-order valence-electron chi connectivity index (χ2n) is 13.6. The molecule has 2 aromatic rings. The van der Waals surface area contributed by atoms with Crippen LogP contribution in [0.15, 0.2) is 58.9 Å². The fraction of sp³-hybridized carbons (Fsp3) is 0.457. The maximum absolute atomic E-state index is 13.8. The second-order valence-corrected chi connectivity index (χ2v) is 14.0. The number of anilines is 1. The summed E-state index contributed by atoms with van der Waals surface area (Å²) < 4.78 is 11.9. The number of amides is 1. The van der Waals surface area contributed by atoms with Gasteiger partial charge in [-0.2, -0.15) is 0 Å². The van der Waals surface area contributed by atoms with E-state index in [1.54, 1.807) is 6.07 Å². The van der Waals surface area contributed by atoms with Gasteiger partial charge in [-0.3, -0.25) is 14.4 Å². The summed E-state index contributed by atoms with van der Waals surface area (Å²) in [6.45, 7) is 12.3. The van der Waals surface area contributed by atoms with Crippen LogP contribution in [0, 0.1) is 17.8 Å². The Balaban J connectivity index is 1.54. The zero-order valence-electron chi connectivity index (χ0n) is 26.2. The topological polar surface area (TPSA) is 84.9 Å². The van der Waals surface area contributed by atoms with Gasteiger partial charge in [-0.25, -0.2) is 0 Å². The van der Waals surface area contributed by atoms with Gasteiger partial charge in [-0.05, 0) is 67.3 Å². The van der Waals surface area contributed by atoms with Crippen LogP contribution in [0.2, 0.25) is 5.02 Å². The Morgan fingerprint density at radius 1 is 0.930 bits per heavy atom. The number of ether oxygens (including phenoxy) is 2. The smallest absolute Gasteiger partial charge is 0.262 e. The van der Waals surface area contributed by atoms with Crippen molar-refractivity contribution in [2.45, 2.75) is 73.1 Å². The second kappa shape index (κ2) is 11.5. The van der Waals surface area contributed by atoms with Gasteiger partial charge in [0, 0.05) is 54.0 Å². The molecular weight excluding hydrogens is 564 g/mol. The lowest BCUT2D eigenvalue weighted by Gasteiger charge is -2.48. The molecule has 228 valence electrons. The number of allylic oxidation sites excluding steroid dienone is 4. The molecule has 3 aliphatic rings. The number of carbonyl (C=O) groups is 3. The van der Waals surface area contributed by atoms with E-state index in [9.17, 15) is 14.4 Å². The van der Waals surface area contributed by atoms with Crippen molar-refractivity contribution in [2.24, 2.45) is 10.8 Å². The molecule has 0 bridgehead atoms. The van der Waals surface area contributed by atoms with Crippen molar-refractivity contribution >= 4 is 34.8 Å². The van der Waals surface area contributed by atoms with Crippen molar-refractivity contribution in [3.05, 3.63) is 75.1 Å². The van der Waals surface area contributed by atoms with Crippen LogP contribution >= 0.6 is 11.6 Å². The molecule has 2 aliphatic carbocycles. The van der Waals surface area contributed by atoms with Gasteiger partial charge < -0.3 is 19.7 Å². The van der Waals surface area contributed by atoms with Gasteiger partial charge in [0.15, 0.2) is 29.7 Å². The summed E-state index contributed by atoms with van der Waals surface area (Å²) in [5, 5.41) is 3.07. The minimum absolute atomic E-state index is 0.0504. The van der Waals surface area contributed by atoms with Crippen molar-refractivity contribution in [3.63, 3.8) is 0 Å². The van der Waals surface area contributed by atoms with Crippen LogP contribution in [0.4, 0.5) is 5.69 Å². The lowest BCUT2D eigenvalue weighted by molar-refractivity contribution is -0.120. The number of benzene rings is 2. The third-order valence-corrected chi connectivity index (χ3v) is 8.81.